The summed E-state index contributed by atoms with van der Waals surface area (Å²) in [4.78, 5) is 11.8. The third kappa shape index (κ3) is 5.22. The van der Waals surface area contributed by atoms with Crippen molar-refractivity contribution in [3.8, 4) is 0 Å². The number of halogens is 4. The van der Waals surface area contributed by atoms with E-state index in [1.54, 1.807) is 6.20 Å². The van der Waals surface area contributed by atoms with Crippen LogP contribution >= 0.6 is 0 Å². The predicted octanol–water partition coefficient (Wildman–Crippen LogP) is 5.62. The van der Waals surface area contributed by atoms with Crippen LogP contribution in [0.25, 0.3) is 10.9 Å². The van der Waals surface area contributed by atoms with E-state index in [0.29, 0.717) is 18.5 Å². The molecule has 1 unspecified atom stereocenters. The fourth-order valence-electron chi connectivity index (χ4n) is 5.77. The second kappa shape index (κ2) is 10.0. The Morgan fingerprint density at radius 3 is 2.75 bits per heavy atom. The predicted molar refractivity (Wildman–Crippen MR) is 134 cm³/mol. The Labute approximate surface area is 208 Å². The van der Waals surface area contributed by atoms with Crippen molar-refractivity contribution < 1.29 is 17.6 Å². The summed E-state index contributed by atoms with van der Waals surface area (Å²) < 4.78 is 53.4. The molecule has 1 saturated heterocycles. The summed E-state index contributed by atoms with van der Waals surface area (Å²) in [6.45, 7) is 5.12. The summed E-state index contributed by atoms with van der Waals surface area (Å²) >= 11 is 0. The molecular formula is C27H33F4N5. The maximum Gasteiger partial charge on any atom is 0.401 e. The number of likely N-dealkylation sites (tertiary alicyclic amines) is 1. The van der Waals surface area contributed by atoms with Crippen molar-refractivity contribution in [2.24, 2.45) is 0 Å². The van der Waals surface area contributed by atoms with E-state index in [2.05, 4.69) is 26.3 Å². The standard InChI is InChI=1S/C27H33F4N5/c1-17-4-6-23-21(12-17)22-13-18(2)36(16-27(29,30)31)26(25(22)34-23)24-7-5-19(14-32-24)33-20-8-11-35(15-20)10-3-9-28/h4-7,12,14,18,20,26,33-34H,3,8-11,13,15-16H2,1-2H3/t18-,20?,26-/m1/s1. The van der Waals surface area contributed by atoms with Gasteiger partial charge in [-0.25, -0.2) is 0 Å². The van der Waals surface area contributed by atoms with Gasteiger partial charge in [0.25, 0.3) is 0 Å². The number of fused-ring (bicyclic) bond motifs is 3. The van der Waals surface area contributed by atoms with Gasteiger partial charge in [0.05, 0.1) is 36.8 Å². The Balaban J connectivity index is 1.43. The molecule has 2 aliphatic rings. The molecule has 0 aliphatic carbocycles. The van der Waals surface area contributed by atoms with E-state index >= 15 is 0 Å². The Hall–Kier alpha value is -2.65. The molecule has 3 aromatic rings. The topological polar surface area (TPSA) is 47.2 Å². The highest BCUT2D eigenvalue weighted by atomic mass is 19.4. The minimum absolute atomic E-state index is 0.247. The third-order valence-corrected chi connectivity index (χ3v) is 7.44. The quantitative estimate of drug-likeness (QED) is 0.411. The molecule has 194 valence electrons. The highest BCUT2D eigenvalue weighted by molar-refractivity contribution is 5.86. The number of nitrogens with zero attached hydrogens (tertiary/aromatic N) is 3. The van der Waals surface area contributed by atoms with Gasteiger partial charge in [-0.1, -0.05) is 11.6 Å². The van der Waals surface area contributed by atoms with E-state index in [-0.39, 0.29) is 18.8 Å². The first-order valence-electron chi connectivity index (χ1n) is 12.7. The first-order valence-corrected chi connectivity index (χ1v) is 12.7. The van der Waals surface area contributed by atoms with Gasteiger partial charge in [0.2, 0.25) is 0 Å². The SMILES string of the molecule is Cc1ccc2[nH]c3c(c2c1)C[C@@H](C)N(CC(F)(F)F)[C@@H]3c1ccc(NC2CCN(CCCF)C2)cn1. The molecule has 36 heavy (non-hydrogen) atoms. The fraction of sp³-hybridized carbons (Fsp3) is 0.519. The molecule has 0 saturated carbocycles. The van der Waals surface area contributed by atoms with Crippen molar-refractivity contribution in [1.82, 2.24) is 19.8 Å². The average molecular weight is 504 g/mol. The number of aromatic nitrogens is 2. The van der Waals surface area contributed by atoms with Gasteiger partial charge in [0.1, 0.15) is 0 Å². The maximum absolute atomic E-state index is 13.6. The summed E-state index contributed by atoms with van der Waals surface area (Å²) in [5, 5.41) is 4.56. The zero-order valence-electron chi connectivity index (χ0n) is 20.7. The lowest BCUT2D eigenvalue weighted by Crippen LogP contribution is -2.47. The molecule has 1 fully saturated rings. The molecule has 3 atom stereocenters. The smallest absolute Gasteiger partial charge is 0.380 e. The summed E-state index contributed by atoms with van der Waals surface area (Å²) in [6.07, 6.45) is -0.537. The molecule has 0 bridgehead atoms. The number of anilines is 1. The van der Waals surface area contributed by atoms with E-state index in [4.69, 9.17) is 0 Å². The first-order chi connectivity index (χ1) is 17.2. The number of H-pyrrole nitrogens is 1. The van der Waals surface area contributed by atoms with Crippen molar-refractivity contribution >= 4 is 16.6 Å². The number of nitrogens with one attached hydrogen (secondary N) is 2. The normalized spacial score (nSPS) is 23.3. The third-order valence-electron chi connectivity index (χ3n) is 7.44. The van der Waals surface area contributed by atoms with Crippen molar-refractivity contribution in [1.29, 1.82) is 0 Å². The van der Waals surface area contributed by atoms with Gasteiger partial charge >= 0.3 is 6.18 Å². The molecule has 9 heteroatoms. The van der Waals surface area contributed by atoms with Crippen LogP contribution in [0.5, 0.6) is 0 Å². The van der Waals surface area contributed by atoms with Crippen LogP contribution in [0.15, 0.2) is 36.5 Å². The van der Waals surface area contributed by atoms with Gasteiger partial charge in [-0.2, -0.15) is 13.2 Å². The van der Waals surface area contributed by atoms with Crippen LogP contribution < -0.4 is 5.32 Å². The molecule has 0 radical (unpaired) electrons. The van der Waals surface area contributed by atoms with Crippen LogP contribution in [0, 0.1) is 6.92 Å². The molecule has 2 aromatic heterocycles. The maximum atomic E-state index is 13.6. The minimum atomic E-state index is -4.31. The van der Waals surface area contributed by atoms with E-state index in [1.165, 1.54) is 4.90 Å². The summed E-state index contributed by atoms with van der Waals surface area (Å²) in [5.74, 6) is 0. The fourth-order valence-corrected chi connectivity index (χ4v) is 5.77. The Bertz CT molecular complexity index is 1190. The number of aryl methyl sites for hydroxylation is 1. The van der Waals surface area contributed by atoms with Gasteiger partial charge < -0.3 is 15.2 Å². The Morgan fingerprint density at radius 1 is 1.19 bits per heavy atom. The van der Waals surface area contributed by atoms with Crippen LogP contribution in [-0.4, -0.2) is 70.9 Å². The monoisotopic (exact) mass is 503 g/mol. The van der Waals surface area contributed by atoms with Crippen molar-refractivity contribution in [3.63, 3.8) is 0 Å². The lowest BCUT2D eigenvalue weighted by molar-refractivity contribution is -0.155. The van der Waals surface area contributed by atoms with Crippen molar-refractivity contribution in [2.75, 3.05) is 38.2 Å². The molecule has 1 aromatic carbocycles. The van der Waals surface area contributed by atoms with E-state index in [1.807, 2.05) is 38.1 Å². The zero-order valence-corrected chi connectivity index (χ0v) is 20.7. The van der Waals surface area contributed by atoms with Gasteiger partial charge in [-0.05, 0) is 62.9 Å². The summed E-state index contributed by atoms with van der Waals surface area (Å²) in [5.41, 5.74) is 5.37. The lowest BCUT2D eigenvalue weighted by Gasteiger charge is -2.40. The van der Waals surface area contributed by atoms with Crippen molar-refractivity contribution in [3.05, 3.63) is 59.0 Å². The molecule has 5 rings (SSSR count). The van der Waals surface area contributed by atoms with Crippen LogP contribution in [0.1, 0.15) is 48.3 Å². The van der Waals surface area contributed by atoms with Gasteiger partial charge in [-0.15, -0.1) is 0 Å². The summed E-state index contributed by atoms with van der Waals surface area (Å²) in [7, 11) is 0. The van der Waals surface area contributed by atoms with Crippen LogP contribution in [0.3, 0.4) is 0 Å². The number of benzene rings is 1. The molecule has 2 N–H and O–H groups in total. The Morgan fingerprint density at radius 2 is 2.03 bits per heavy atom. The molecule has 0 amide bonds. The van der Waals surface area contributed by atoms with Gasteiger partial charge in [0, 0.05) is 48.3 Å². The molecule has 5 nitrogen and oxygen atoms in total. The zero-order chi connectivity index (χ0) is 25.4. The van der Waals surface area contributed by atoms with Crippen LogP contribution in [-0.2, 0) is 6.42 Å². The highest BCUT2D eigenvalue weighted by Gasteiger charge is 2.42. The lowest BCUT2D eigenvalue weighted by atomic mass is 9.90. The van der Waals surface area contributed by atoms with Crippen LogP contribution in [0.2, 0.25) is 0 Å². The van der Waals surface area contributed by atoms with E-state index in [0.717, 1.165) is 59.5 Å². The number of hydrogen-bond donors (Lipinski definition) is 2. The van der Waals surface area contributed by atoms with E-state index < -0.39 is 18.8 Å². The average Bonchev–Trinajstić information content (AvgIpc) is 3.42. The van der Waals surface area contributed by atoms with Crippen molar-refractivity contribution in [2.45, 2.75) is 57.4 Å². The number of alkyl halides is 4. The minimum Gasteiger partial charge on any atom is -0.380 e. The highest BCUT2D eigenvalue weighted by Crippen LogP contribution is 2.41. The van der Waals surface area contributed by atoms with Gasteiger partial charge in [-0.3, -0.25) is 14.3 Å². The molecule has 2 aliphatic heterocycles. The molecule has 0 spiro atoms. The second-order valence-electron chi connectivity index (χ2n) is 10.3. The van der Waals surface area contributed by atoms with Gasteiger partial charge in [0.15, 0.2) is 0 Å². The number of pyridine rings is 1. The number of rotatable bonds is 7. The largest absolute Gasteiger partial charge is 0.401 e. The van der Waals surface area contributed by atoms with E-state index in [9.17, 15) is 17.6 Å². The first kappa shape index (κ1) is 25.0. The number of hydrogen-bond acceptors (Lipinski definition) is 4. The Kier molecular flexibility index (Phi) is 6.96. The summed E-state index contributed by atoms with van der Waals surface area (Å²) in [6, 6.07) is 9.19. The molecule has 4 heterocycles. The second-order valence-corrected chi connectivity index (χ2v) is 10.3. The molecular weight excluding hydrogens is 470 g/mol. The van der Waals surface area contributed by atoms with Crippen LogP contribution in [0.4, 0.5) is 23.2 Å². The number of aromatic amines is 1.